The molecule has 0 aromatic heterocycles. The van der Waals surface area contributed by atoms with Crippen molar-refractivity contribution in [3.05, 3.63) is 97.2 Å². The molecule has 0 fully saturated rings. The van der Waals surface area contributed by atoms with Gasteiger partial charge < -0.3 is 25.2 Å². The van der Waals surface area contributed by atoms with Crippen molar-refractivity contribution in [2.45, 2.75) is 135 Å². The van der Waals surface area contributed by atoms with E-state index in [1.54, 1.807) is 0 Å². The molecule has 4 N–H and O–H groups in total. The number of nitrogens with two attached hydrogens (primary N) is 1. The third kappa shape index (κ3) is 37.2. The Labute approximate surface area is 326 Å². The zero-order chi connectivity index (χ0) is 39.8. The van der Waals surface area contributed by atoms with E-state index in [0.717, 1.165) is 77.0 Å². The SMILES string of the molecule is CC/C=C\C/C=C\C/C=C\C/C=C\CCCCC(=O)O[C@H](COC(=O)CCC/C=C\C/C=C\C/C=C\C/C=C\[C@@H](O)CCCC)COP(=O)(O)OCCN. The van der Waals surface area contributed by atoms with Crippen molar-refractivity contribution in [3.8, 4) is 0 Å². The highest BCUT2D eigenvalue weighted by Gasteiger charge is 2.25. The molecule has 0 aliphatic carbocycles. The molecule has 10 nitrogen and oxygen atoms in total. The highest BCUT2D eigenvalue weighted by molar-refractivity contribution is 7.47. The summed E-state index contributed by atoms with van der Waals surface area (Å²) in [6.07, 6.45) is 45.0. The molecule has 306 valence electrons. The van der Waals surface area contributed by atoms with Crippen molar-refractivity contribution in [2.24, 2.45) is 5.73 Å². The number of hydrogen-bond acceptors (Lipinski definition) is 9. The Hall–Kier alpha value is -3.11. The van der Waals surface area contributed by atoms with E-state index >= 15 is 0 Å². The molecule has 0 amide bonds. The lowest BCUT2D eigenvalue weighted by molar-refractivity contribution is -0.161. The largest absolute Gasteiger partial charge is 0.472 e. The fourth-order valence-corrected chi connectivity index (χ4v) is 5.34. The normalized spacial score (nSPS) is 15.0. The van der Waals surface area contributed by atoms with Gasteiger partial charge in [-0.05, 0) is 83.5 Å². The zero-order valence-corrected chi connectivity index (χ0v) is 33.9. The maximum absolute atomic E-state index is 12.5. The number of unbranched alkanes of at least 4 members (excludes halogenated alkanes) is 4. The zero-order valence-electron chi connectivity index (χ0n) is 33.0. The summed E-state index contributed by atoms with van der Waals surface area (Å²) in [5.74, 6) is -0.979. The number of esters is 2. The number of ether oxygens (including phenoxy) is 2. The molecular formula is C43H70NO9P. The number of rotatable bonds is 35. The quantitative estimate of drug-likeness (QED) is 0.0245. The van der Waals surface area contributed by atoms with Crippen LogP contribution in [0, 0.1) is 0 Å². The van der Waals surface area contributed by atoms with Gasteiger partial charge >= 0.3 is 19.8 Å². The maximum Gasteiger partial charge on any atom is 0.472 e. The van der Waals surface area contributed by atoms with Crippen molar-refractivity contribution in [1.29, 1.82) is 0 Å². The van der Waals surface area contributed by atoms with Gasteiger partial charge in [-0.2, -0.15) is 0 Å². The molecule has 0 bridgehead atoms. The van der Waals surface area contributed by atoms with Crippen LogP contribution in [-0.2, 0) is 32.7 Å². The first-order valence-electron chi connectivity index (χ1n) is 19.8. The van der Waals surface area contributed by atoms with E-state index in [4.69, 9.17) is 24.3 Å². The minimum atomic E-state index is -4.41. The number of aliphatic hydroxyl groups is 1. The van der Waals surface area contributed by atoms with E-state index in [1.165, 1.54) is 0 Å². The highest BCUT2D eigenvalue weighted by atomic mass is 31.2. The first-order chi connectivity index (χ1) is 26.2. The molecule has 0 aromatic carbocycles. The van der Waals surface area contributed by atoms with Crippen molar-refractivity contribution in [1.82, 2.24) is 0 Å². The van der Waals surface area contributed by atoms with Gasteiger partial charge in [0.1, 0.15) is 6.61 Å². The second-order valence-corrected chi connectivity index (χ2v) is 14.0. The molecule has 3 atom stereocenters. The molecule has 0 saturated carbocycles. The van der Waals surface area contributed by atoms with E-state index in [2.05, 4.69) is 86.8 Å². The molecule has 0 aliphatic heterocycles. The van der Waals surface area contributed by atoms with Crippen LogP contribution < -0.4 is 5.73 Å². The van der Waals surface area contributed by atoms with Crippen LogP contribution in [0.3, 0.4) is 0 Å². The average molecular weight is 776 g/mol. The lowest BCUT2D eigenvalue weighted by Crippen LogP contribution is -2.29. The highest BCUT2D eigenvalue weighted by Crippen LogP contribution is 2.43. The molecule has 1 unspecified atom stereocenters. The maximum atomic E-state index is 12.5. The van der Waals surface area contributed by atoms with Gasteiger partial charge in [-0.1, -0.05) is 124 Å². The monoisotopic (exact) mass is 775 g/mol. The predicted octanol–water partition coefficient (Wildman–Crippen LogP) is 10.0. The average Bonchev–Trinajstić information content (AvgIpc) is 3.15. The van der Waals surface area contributed by atoms with Gasteiger partial charge in [0.05, 0.1) is 19.3 Å². The summed E-state index contributed by atoms with van der Waals surface area (Å²) >= 11 is 0. The molecule has 0 aliphatic rings. The van der Waals surface area contributed by atoms with Crippen molar-refractivity contribution in [3.63, 3.8) is 0 Å². The van der Waals surface area contributed by atoms with Gasteiger partial charge in [0.25, 0.3) is 0 Å². The number of carbonyl (C=O) groups is 2. The van der Waals surface area contributed by atoms with Gasteiger partial charge in [-0.15, -0.1) is 0 Å². The summed E-state index contributed by atoms with van der Waals surface area (Å²) < 4.78 is 32.6. The Morgan fingerprint density at radius 2 is 1.17 bits per heavy atom. The lowest BCUT2D eigenvalue weighted by Gasteiger charge is -2.19. The Bertz CT molecular complexity index is 1220. The molecule has 54 heavy (non-hydrogen) atoms. The summed E-state index contributed by atoms with van der Waals surface area (Å²) in [7, 11) is -4.41. The molecule has 0 rings (SSSR count). The Morgan fingerprint density at radius 1 is 0.648 bits per heavy atom. The molecule has 0 radical (unpaired) electrons. The van der Waals surface area contributed by atoms with Crippen LogP contribution in [-0.4, -0.2) is 60.5 Å². The lowest BCUT2D eigenvalue weighted by atomic mass is 10.1. The topological polar surface area (TPSA) is 155 Å². The predicted molar refractivity (Wildman–Crippen MR) is 221 cm³/mol. The van der Waals surface area contributed by atoms with Crippen LogP contribution in [0.4, 0.5) is 0 Å². The molecule has 11 heteroatoms. The summed E-state index contributed by atoms with van der Waals surface area (Å²) in [5.41, 5.74) is 5.33. The van der Waals surface area contributed by atoms with Gasteiger partial charge in [-0.3, -0.25) is 18.6 Å². The van der Waals surface area contributed by atoms with Crippen molar-refractivity contribution >= 4 is 19.8 Å². The second-order valence-electron chi connectivity index (χ2n) is 12.6. The van der Waals surface area contributed by atoms with E-state index in [0.29, 0.717) is 19.3 Å². The van der Waals surface area contributed by atoms with E-state index in [9.17, 15) is 24.2 Å². The van der Waals surface area contributed by atoms with E-state index in [-0.39, 0.29) is 38.7 Å². The van der Waals surface area contributed by atoms with Crippen LogP contribution in [0.2, 0.25) is 0 Å². The van der Waals surface area contributed by atoms with Gasteiger partial charge in [-0.25, -0.2) is 4.57 Å². The van der Waals surface area contributed by atoms with Crippen LogP contribution in [0.25, 0.3) is 0 Å². The fourth-order valence-electron chi connectivity index (χ4n) is 4.57. The minimum absolute atomic E-state index is 0.0273. The van der Waals surface area contributed by atoms with Gasteiger partial charge in [0.2, 0.25) is 0 Å². The third-order valence-corrected chi connectivity index (χ3v) is 8.51. The van der Waals surface area contributed by atoms with Crippen LogP contribution >= 0.6 is 7.82 Å². The Kier molecular flexibility index (Phi) is 36.0. The Morgan fingerprint density at radius 3 is 1.72 bits per heavy atom. The number of allylic oxidation sites excluding steroid dienone is 15. The van der Waals surface area contributed by atoms with Gasteiger partial charge in [0, 0.05) is 19.4 Å². The van der Waals surface area contributed by atoms with Crippen LogP contribution in [0.5, 0.6) is 0 Å². The van der Waals surface area contributed by atoms with Crippen LogP contribution in [0.1, 0.15) is 123 Å². The standard InChI is InChI=1S/C43H70NO9P/c1-3-5-7-8-9-10-11-12-13-14-19-22-25-28-31-35-43(47)53-41(39-52-54(48,49)51-37-36-44)38-50-42(46)34-30-27-24-21-18-16-15-17-20-23-26-29-33-40(45)32-6-4-2/h5,7,9-10,12-13,15-16,19-24,29,33,40-41,45H,3-4,6,8,11,14,17-18,25-28,30-32,34-39,44H2,1-2H3,(H,48,49)/b7-5-,10-9-,13-12-,16-15-,22-19-,23-20-,24-21-,33-29-/t40-,41+/m0/s1. The molecular weight excluding hydrogens is 705 g/mol. The Balaban J connectivity index is 4.42. The van der Waals surface area contributed by atoms with E-state index < -0.39 is 32.5 Å². The second kappa shape index (κ2) is 38.2. The number of aliphatic hydroxyl groups excluding tert-OH is 1. The third-order valence-electron chi connectivity index (χ3n) is 7.52. The van der Waals surface area contributed by atoms with Crippen molar-refractivity contribution < 1.29 is 42.7 Å². The first-order valence-corrected chi connectivity index (χ1v) is 21.3. The van der Waals surface area contributed by atoms with E-state index in [1.807, 2.05) is 24.3 Å². The minimum Gasteiger partial charge on any atom is -0.462 e. The fraction of sp³-hybridized carbons (Fsp3) is 0.581. The summed E-state index contributed by atoms with van der Waals surface area (Å²) in [6.45, 7) is 3.29. The number of phosphoric acid groups is 1. The van der Waals surface area contributed by atoms with Crippen molar-refractivity contribution in [2.75, 3.05) is 26.4 Å². The van der Waals surface area contributed by atoms with Gasteiger partial charge in [0.15, 0.2) is 6.10 Å². The first kappa shape index (κ1) is 50.9. The molecule has 0 heterocycles. The number of hydrogen-bond donors (Lipinski definition) is 3. The molecule has 0 aromatic rings. The van der Waals surface area contributed by atoms with Crippen LogP contribution in [0.15, 0.2) is 97.2 Å². The summed E-state index contributed by atoms with van der Waals surface area (Å²) in [4.78, 5) is 34.7. The summed E-state index contributed by atoms with van der Waals surface area (Å²) in [5, 5.41) is 9.80. The molecule has 0 spiro atoms. The molecule has 0 saturated heterocycles. The number of carbonyl (C=O) groups excluding carboxylic acids is 2. The smallest absolute Gasteiger partial charge is 0.462 e. The number of phosphoric ester groups is 1. The summed E-state index contributed by atoms with van der Waals surface area (Å²) in [6, 6.07) is 0.